The maximum absolute atomic E-state index is 12.3. The van der Waals surface area contributed by atoms with Crippen LogP contribution in [0.5, 0.6) is 5.75 Å². The van der Waals surface area contributed by atoms with Crippen LogP contribution in [-0.4, -0.2) is 27.2 Å². The highest BCUT2D eigenvalue weighted by molar-refractivity contribution is 7.92. The van der Waals surface area contributed by atoms with Crippen molar-refractivity contribution in [1.82, 2.24) is 0 Å². The number of carbonyl (C=O) groups excluding carboxylic acids is 1. The van der Waals surface area contributed by atoms with Crippen LogP contribution < -0.4 is 14.4 Å². The van der Waals surface area contributed by atoms with Crippen LogP contribution >= 0.6 is 11.6 Å². The zero-order valence-electron chi connectivity index (χ0n) is 17.2. The smallest absolute Gasteiger partial charge is 0.262 e. The van der Waals surface area contributed by atoms with Crippen LogP contribution in [0.3, 0.4) is 0 Å². The van der Waals surface area contributed by atoms with Gasteiger partial charge in [0.2, 0.25) is 10.0 Å². The largest absolute Gasteiger partial charge is 0.484 e. The number of hydrogen-bond donors (Lipinski definition) is 1. The first kappa shape index (κ1) is 22.7. The van der Waals surface area contributed by atoms with E-state index in [1.165, 1.54) is 10.6 Å². The molecule has 0 radical (unpaired) electrons. The zero-order chi connectivity index (χ0) is 22.4. The van der Waals surface area contributed by atoms with Crippen molar-refractivity contribution in [2.45, 2.75) is 13.5 Å². The molecule has 0 atom stereocenters. The lowest BCUT2D eigenvalue weighted by molar-refractivity contribution is -0.118. The molecule has 31 heavy (non-hydrogen) atoms. The number of nitrogens with zero attached hydrogens (tertiary/aromatic N) is 1. The van der Waals surface area contributed by atoms with E-state index in [0.717, 1.165) is 11.1 Å². The number of aryl methyl sites for hydroxylation is 1. The second-order valence-electron chi connectivity index (χ2n) is 7.05. The van der Waals surface area contributed by atoms with E-state index < -0.39 is 10.0 Å². The predicted molar refractivity (Wildman–Crippen MR) is 124 cm³/mol. The number of amides is 1. The normalized spacial score (nSPS) is 11.1. The van der Waals surface area contributed by atoms with Gasteiger partial charge in [0.1, 0.15) is 5.75 Å². The molecule has 1 amide bonds. The monoisotopic (exact) mass is 458 g/mol. The van der Waals surface area contributed by atoms with Gasteiger partial charge in [0.05, 0.1) is 18.5 Å². The van der Waals surface area contributed by atoms with Crippen LogP contribution in [-0.2, 0) is 21.4 Å². The summed E-state index contributed by atoms with van der Waals surface area (Å²) in [4.78, 5) is 12.2. The Balaban J connectivity index is 1.63. The average molecular weight is 459 g/mol. The van der Waals surface area contributed by atoms with Gasteiger partial charge in [0.25, 0.3) is 5.91 Å². The molecule has 3 aromatic carbocycles. The summed E-state index contributed by atoms with van der Waals surface area (Å²) in [6, 6.07) is 21.1. The third kappa shape index (κ3) is 6.47. The van der Waals surface area contributed by atoms with E-state index in [2.05, 4.69) is 5.32 Å². The maximum atomic E-state index is 12.3. The van der Waals surface area contributed by atoms with Crippen molar-refractivity contribution in [2.24, 2.45) is 0 Å². The Labute approximate surface area is 187 Å². The number of nitrogens with one attached hydrogen (secondary N) is 1. The van der Waals surface area contributed by atoms with Crippen molar-refractivity contribution in [3.63, 3.8) is 0 Å². The highest BCUT2D eigenvalue weighted by Gasteiger charge is 2.18. The van der Waals surface area contributed by atoms with Crippen molar-refractivity contribution >= 4 is 38.9 Å². The van der Waals surface area contributed by atoms with Gasteiger partial charge >= 0.3 is 0 Å². The van der Waals surface area contributed by atoms with Crippen LogP contribution in [0.25, 0.3) is 0 Å². The minimum absolute atomic E-state index is 0.179. The Bertz CT molecular complexity index is 1150. The van der Waals surface area contributed by atoms with Crippen molar-refractivity contribution in [3.05, 3.63) is 88.9 Å². The molecule has 0 aromatic heterocycles. The Hall–Kier alpha value is -3.03. The van der Waals surface area contributed by atoms with E-state index in [4.69, 9.17) is 16.3 Å². The van der Waals surface area contributed by atoms with Gasteiger partial charge in [-0.05, 0) is 60.5 Å². The molecule has 0 saturated carbocycles. The standard InChI is InChI=1S/C23H23ClN2O4S/c1-17-14-19(24)8-13-22(17)25-23(27)16-30-21-11-9-20(10-12-21)26(31(2,28)29)15-18-6-4-3-5-7-18/h3-14H,15-16H2,1-2H3,(H,25,27). The summed E-state index contributed by atoms with van der Waals surface area (Å²) in [5.41, 5.74) is 2.91. The summed E-state index contributed by atoms with van der Waals surface area (Å²) in [7, 11) is -3.48. The zero-order valence-corrected chi connectivity index (χ0v) is 18.8. The Morgan fingerprint density at radius 3 is 2.32 bits per heavy atom. The lowest BCUT2D eigenvalue weighted by Gasteiger charge is -2.22. The quantitative estimate of drug-likeness (QED) is 0.534. The van der Waals surface area contributed by atoms with Gasteiger partial charge in [-0.2, -0.15) is 0 Å². The SMILES string of the molecule is Cc1cc(Cl)ccc1NC(=O)COc1ccc(N(Cc2ccccc2)S(C)(=O)=O)cc1. The van der Waals surface area contributed by atoms with Gasteiger partial charge in [-0.3, -0.25) is 9.10 Å². The second-order valence-corrected chi connectivity index (χ2v) is 9.39. The Morgan fingerprint density at radius 2 is 1.71 bits per heavy atom. The van der Waals surface area contributed by atoms with Gasteiger partial charge in [-0.1, -0.05) is 41.9 Å². The minimum atomic E-state index is -3.48. The van der Waals surface area contributed by atoms with E-state index in [1.54, 1.807) is 42.5 Å². The molecule has 0 bridgehead atoms. The molecule has 8 heteroatoms. The van der Waals surface area contributed by atoms with Crippen molar-refractivity contribution in [1.29, 1.82) is 0 Å². The molecule has 0 aliphatic heterocycles. The van der Waals surface area contributed by atoms with E-state index >= 15 is 0 Å². The van der Waals surface area contributed by atoms with E-state index in [-0.39, 0.29) is 19.1 Å². The number of anilines is 2. The number of benzene rings is 3. The van der Waals surface area contributed by atoms with Crippen molar-refractivity contribution in [2.75, 3.05) is 22.5 Å². The fourth-order valence-electron chi connectivity index (χ4n) is 2.96. The van der Waals surface area contributed by atoms with Crippen LogP contribution in [0, 0.1) is 6.92 Å². The molecule has 0 aliphatic carbocycles. The number of rotatable bonds is 8. The molecule has 0 aliphatic rings. The molecular formula is C23H23ClN2O4S. The first-order chi connectivity index (χ1) is 14.7. The van der Waals surface area contributed by atoms with Gasteiger partial charge in [0.15, 0.2) is 6.61 Å². The van der Waals surface area contributed by atoms with Crippen LogP contribution in [0.15, 0.2) is 72.8 Å². The van der Waals surface area contributed by atoms with Crippen molar-refractivity contribution in [3.8, 4) is 5.75 Å². The number of ether oxygens (including phenoxy) is 1. The molecule has 6 nitrogen and oxygen atoms in total. The molecule has 0 saturated heterocycles. The fraction of sp³-hybridized carbons (Fsp3) is 0.174. The van der Waals surface area contributed by atoms with Crippen LogP contribution in [0.1, 0.15) is 11.1 Å². The third-order valence-electron chi connectivity index (χ3n) is 4.53. The molecular weight excluding hydrogens is 436 g/mol. The lowest BCUT2D eigenvalue weighted by Crippen LogP contribution is -2.29. The summed E-state index contributed by atoms with van der Waals surface area (Å²) in [5, 5.41) is 3.37. The first-order valence-electron chi connectivity index (χ1n) is 9.53. The molecule has 0 fully saturated rings. The molecule has 0 spiro atoms. The number of carbonyl (C=O) groups is 1. The average Bonchev–Trinajstić information content (AvgIpc) is 2.73. The molecule has 0 heterocycles. The van der Waals surface area contributed by atoms with Crippen molar-refractivity contribution < 1.29 is 17.9 Å². The number of hydrogen-bond acceptors (Lipinski definition) is 4. The highest BCUT2D eigenvalue weighted by Crippen LogP contribution is 2.24. The van der Waals surface area contributed by atoms with Gasteiger partial charge in [-0.15, -0.1) is 0 Å². The predicted octanol–water partition coefficient (Wildman–Crippen LogP) is 4.63. The Kier molecular flexibility index (Phi) is 7.20. The molecule has 162 valence electrons. The van der Waals surface area contributed by atoms with Gasteiger partial charge in [0, 0.05) is 10.7 Å². The summed E-state index contributed by atoms with van der Waals surface area (Å²) in [6.07, 6.45) is 1.17. The van der Waals surface area contributed by atoms with Crippen LogP contribution in [0.4, 0.5) is 11.4 Å². The van der Waals surface area contributed by atoms with E-state index in [9.17, 15) is 13.2 Å². The summed E-state index contributed by atoms with van der Waals surface area (Å²) < 4.78 is 31.4. The fourth-order valence-corrected chi connectivity index (χ4v) is 4.08. The third-order valence-corrected chi connectivity index (χ3v) is 5.90. The molecule has 0 unspecified atom stereocenters. The maximum Gasteiger partial charge on any atom is 0.262 e. The Morgan fingerprint density at radius 1 is 1.03 bits per heavy atom. The summed E-state index contributed by atoms with van der Waals surface area (Å²) in [6.45, 7) is 1.90. The van der Waals surface area contributed by atoms with E-state index in [0.29, 0.717) is 22.1 Å². The lowest BCUT2D eigenvalue weighted by atomic mass is 10.2. The van der Waals surface area contributed by atoms with Gasteiger partial charge in [-0.25, -0.2) is 8.42 Å². The molecule has 3 aromatic rings. The van der Waals surface area contributed by atoms with Gasteiger partial charge < -0.3 is 10.1 Å². The number of halogens is 1. The second kappa shape index (κ2) is 9.85. The first-order valence-corrected chi connectivity index (χ1v) is 11.8. The molecule has 3 rings (SSSR count). The van der Waals surface area contributed by atoms with E-state index in [1.807, 2.05) is 37.3 Å². The summed E-state index contributed by atoms with van der Waals surface area (Å²) in [5.74, 6) is 0.149. The highest BCUT2D eigenvalue weighted by atomic mass is 35.5. The van der Waals surface area contributed by atoms with Crippen LogP contribution in [0.2, 0.25) is 5.02 Å². The summed E-state index contributed by atoms with van der Waals surface area (Å²) >= 11 is 5.92. The molecule has 1 N–H and O–H groups in total. The minimum Gasteiger partial charge on any atom is -0.484 e. The topological polar surface area (TPSA) is 75.7 Å². The number of sulfonamides is 1.